The van der Waals surface area contributed by atoms with Gasteiger partial charge in [-0.05, 0) is 55.1 Å². The molecule has 0 saturated heterocycles. The second-order valence-electron chi connectivity index (χ2n) is 7.20. The molecule has 21 heavy (non-hydrogen) atoms. The average Bonchev–Trinajstić information content (AvgIpc) is 2.47. The second-order valence-corrected chi connectivity index (χ2v) is 7.20. The van der Waals surface area contributed by atoms with Crippen LogP contribution in [-0.2, 0) is 11.2 Å². The van der Waals surface area contributed by atoms with E-state index in [1.54, 1.807) is 7.11 Å². The highest BCUT2D eigenvalue weighted by Crippen LogP contribution is 2.42. The van der Waals surface area contributed by atoms with Gasteiger partial charge in [-0.25, -0.2) is 0 Å². The average molecular weight is 290 g/mol. The van der Waals surface area contributed by atoms with Gasteiger partial charge >= 0.3 is 0 Å². The molecule has 2 nitrogen and oxygen atoms in total. The van der Waals surface area contributed by atoms with Crippen LogP contribution < -0.4 is 0 Å². The third-order valence-electron chi connectivity index (χ3n) is 4.94. The Hall–Kier alpha value is -0.860. The Morgan fingerprint density at radius 2 is 1.95 bits per heavy atom. The van der Waals surface area contributed by atoms with Crippen molar-refractivity contribution in [2.75, 3.05) is 7.11 Å². The highest BCUT2D eigenvalue weighted by Gasteiger charge is 2.41. The molecule has 1 aliphatic carbocycles. The smallest absolute Gasteiger partial charge is 0.108 e. The van der Waals surface area contributed by atoms with Crippen molar-refractivity contribution in [3.05, 3.63) is 35.4 Å². The molecule has 0 radical (unpaired) electrons. The molecule has 0 spiro atoms. The fraction of sp³-hybridized carbons (Fsp3) is 0.684. The molecule has 0 amide bonds. The molecule has 2 heteroatoms. The van der Waals surface area contributed by atoms with Crippen LogP contribution >= 0.6 is 0 Å². The number of aliphatic hydroxyl groups excluding tert-OH is 1. The third kappa shape index (κ3) is 3.87. The fourth-order valence-corrected chi connectivity index (χ4v) is 3.51. The van der Waals surface area contributed by atoms with E-state index in [9.17, 15) is 5.11 Å². The van der Waals surface area contributed by atoms with Crippen molar-refractivity contribution in [1.29, 1.82) is 0 Å². The first kappa shape index (κ1) is 16.5. The molecule has 1 saturated carbocycles. The lowest BCUT2D eigenvalue weighted by Crippen LogP contribution is -2.41. The van der Waals surface area contributed by atoms with Crippen LogP contribution in [0.3, 0.4) is 0 Å². The number of hydrogen-bond donors (Lipinski definition) is 1. The largest absolute Gasteiger partial charge is 0.385 e. The Labute approximate surface area is 129 Å². The van der Waals surface area contributed by atoms with E-state index in [0.29, 0.717) is 5.92 Å². The highest BCUT2D eigenvalue weighted by molar-refractivity contribution is 5.27. The van der Waals surface area contributed by atoms with Crippen molar-refractivity contribution in [2.24, 2.45) is 11.8 Å². The Bertz CT molecular complexity index is 445. The Balaban J connectivity index is 2.19. The van der Waals surface area contributed by atoms with Crippen LogP contribution in [0, 0.1) is 11.8 Å². The molecule has 1 N–H and O–H groups in total. The van der Waals surface area contributed by atoms with Gasteiger partial charge < -0.3 is 9.84 Å². The van der Waals surface area contributed by atoms with Gasteiger partial charge in [0, 0.05) is 7.11 Å². The molecule has 118 valence electrons. The Morgan fingerprint density at radius 1 is 1.29 bits per heavy atom. The minimum Gasteiger partial charge on any atom is -0.385 e. The van der Waals surface area contributed by atoms with Crippen LogP contribution in [0.5, 0.6) is 0 Å². The maximum absolute atomic E-state index is 10.9. The summed E-state index contributed by atoms with van der Waals surface area (Å²) in [5.41, 5.74) is 1.91. The number of methoxy groups -OCH3 is 1. The van der Waals surface area contributed by atoms with Crippen molar-refractivity contribution < 1.29 is 9.84 Å². The van der Waals surface area contributed by atoms with Crippen LogP contribution in [0.25, 0.3) is 0 Å². The molecule has 0 bridgehead atoms. The van der Waals surface area contributed by atoms with E-state index in [1.165, 1.54) is 5.56 Å². The number of aliphatic hydroxyl groups is 1. The van der Waals surface area contributed by atoms with E-state index in [4.69, 9.17) is 4.74 Å². The van der Waals surface area contributed by atoms with E-state index in [-0.39, 0.29) is 0 Å². The number of hydrogen-bond acceptors (Lipinski definition) is 2. The summed E-state index contributed by atoms with van der Waals surface area (Å²) in [6, 6.07) is 8.40. The normalized spacial score (nSPS) is 27.8. The number of benzene rings is 1. The molecule has 1 unspecified atom stereocenters. The van der Waals surface area contributed by atoms with Gasteiger partial charge in [0.2, 0.25) is 0 Å². The monoisotopic (exact) mass is 290 g/mol. The van der Waals surface area contributed by atoms with Gasteiger partial charge in [0.15, 0.2) is 0 Å². The molecule has 1 fully saturated rings. The maximum atomic E-state index is 10.9. The lowest BCUT2D eigenvalue weighted by atomic mass is 9.74. The summed E-state index contributed by atoms with van der Waals surface area (Å²) in [5, 5.41) is 10.9. The summed E-state index contributed by atoms with van der Waals surface area (Å²) >= 11 is 0. The predicted octanol–water partition coefficient (Wildman–Crippen LogP) is 4.51. The van der Waals surface area contributed by atoms with E-state index in [2.05, 4.69) is 39.0 Å². The van der Waals surface area contributed by atoms with Crippen molar-refractivity contribution in [3.8, 4) is 0 Å². The summed E-state index contributed by atoms with van der Waals surface area (Å²) in [6.07, 6.45) is 4.69. The molecule has 1 aromatic rings. The standard InChI is InChI=1S/C19H30O2/c1-14(2)12-16-6-5-7-17(13-16)18(20)19(21-4)10-8-15(3)9-11-19/h5-7,13-15,18,20H,8-12H2,1-4H3. The third-order valence-corrected chi connectivity index (χ3v) is 4.94. The minimum atomic E-state index is -0.526. The number of rotatable bonds is 5. The summed E-state index contributed by atoms with van der Waals surface area (Å²) in [5.74, 6) is 1.37. The Morgan fingerprint density at radius 3 is 2.52 bits per heavy atom. The summed E-state index contributed by atoms with van der Waals surface area (Å²) in [6.45, 7) is 6.74. The van der Waals surface area contributed by atoms with E-state index in [1.807, 2.05) is 6.07 Å². The van der Waals surface area contributed by atoms with Crippen molar-refractivity contribution in [1.82, 2.24) is 0 Å². The van der Waals surface area contributed by atoms with Crippen molar-refractivity contribution in [3.63, 3.8) is 0 Å². The van der Waals surface area contributed by atoms with E-state index >= 15 is 0 Å². The summed E-state index contributed by atoms with van der Waals surface area (Å²) in [4.78, 5) is 0. The van der Waals surface area contributed by atoms with Crippen molar-refractivity contribution in [2.45, 2.75) is 64.6 Å². The molecular weight excluding hydrogens is 260 g/mol. The zero-order valence-electron chi connectivity index (χ0n) is 13.9. The predicted molar refractivity (Wildman–Crippen MR) is 87.3 cm³/mol. The topological polar surface area (TPSA) is 29.5 Å². The molecule has 0 heterocycles. The van der Waals surface area contributed by atoms with Gasteiger partial charge in [-0.1, -0.05) is 45.0 Å². The first-order valence-corrected chi connectivity index (χ1v) is 8.29. The number of ether oxygens (including phenoxy) is 1. The molecule has 1 atom stereocenters. The van der Waals surface area contributed by atoms with Gasteiger partial charge in [-0.2, -0.15) is 0 Å². The first-order chi connectivity index (χ1) is 9.97. The molecule has 1 aliphatic rings. The first-order valence-electron chi connectivity index (χ1n) is 8.29. The van der Waals surface area contributed by atoms with Gasteiger partial charge in [0.05, 0.1) is 5.60 Å². The quantitative estimate of drug-likeness (QED) is 0.864. The van der Waals surface area contributed by atoms with Crippen molar-refractivity contribution >= 4 is 0 Å². The molecule has 0 aliphatic heterocycles. The Kier molecular flexibility index (Phi) is 5.45. The van der Waals surface area contributed by atoms with Gasteiger partial charge in [-0.15, -0.1) is 0 Å². The van der Waals surface area contributed by atoms with Crippen LogP contribution in [0.15, 0.2) is 24.3 Å². The zero-order valence-corrected chi connectivity index (χ0v) is 13.9. The lowest BCUT2D eigenvalue weighted by Gasteiger charge is -2.42. The van der Waals surface area contributed by atoms with Gasteiger partial charge in [0.25, 0.3) is 0 Å². The zero-order chi connectivity index (χ0) is 15.5. The minimum absolute atomic E-state index is 0.400. The molecule has 1 aromatic carbocycles. The molecule has 0 aromatic heterocycles. The lowest BCUT2D eigenvalue weighted by molar-refractivity contribution is -0.130. The van der Waals surface area contributed by atoms with Gasteiger partial charge in [-0.3, -0.25) is 0 Å². The van der Waals surface area contributed by atoms with E-state index in [0.717, 1.165) is 43.6 Å². The fourth-order valence-electron chi connectivity index (χ4n) is 3.51. The maximum Gasteiger partial charge on any atom is 0.108 e. The summed E-state index contributed by atoms with van der Waals surface area (Å²) in [7, 11) is 1.75. The van der Waals surface area contributed by atoms with Crippen LogP contribution in [-0.4, -0.2) is 17.8 Å². The molecular formula is C19H30O2. The van der Waals surface area contributed by atoms with E-state index < -0.39 is 11.7 Å². The highest BCUT2D eigenvalue weighted by atomic mass is 16.5. The second kappa shape index (κ2) is 6.93. The SMILES string of the molecule is COC1(C(O)c2cccc(CC(C)C)c2)CCC(C)CC1. The summed E-state index contributed by atoms with van der Waals surface area (Å²) < 4.78 is 5.81. The van der Waals surface area contributed by atoms with Crippen LogP contribution in [0.4, 0.5) is 0 Å². The van der Waals surface area contributed by atoms with Gasteiger partial charge in [0.1, 0.15) is 6.10 Å². The van der Waals surface area contributed by atoms with Crippen LogP contribution in [0.1, 0.15) is 63.7 Å². The molecule has 2 rings (SSSR count). The van der Waals surface area contributed by atoms with Crippen LogP contribution in [0.2, 0.25) is 0 Å².